The number of phenolic OH excluding ortho intramolecular Hbond substituents is 1. The molecule has 0 bridgehead atoms. The van der Waals surface area contributed by atoms with Crippen LogP contribution in [0.2, 0.25) is 0 Å². The lowest BCUT2D eigenvalue weighted by Crippen LogP contribution is -2.15. The highest BCUT2D eigenvalue weighted by Gasteiger charge is 2.18. The number of nitrogens with zero attached hydrogens (tertiary/aromatic N) is 1. The largest absolute Gasteiger partial charge is 0.506 e. The Morgan fingerprint density at radius 3 is 2.33 bits per heavy atom. The van der Waals surface area contributed by atoms with E-state index in [9.17, 15) is 5.11 Å². The van der Waals surface area contributed by atoms with Crippen molar-refractivity contribution in [3.63, 3.8) is 0 Å². The van der Waals surface area contributed by atoms with Gasteiger partial charge in [-0.1, -0.05) is 30.3 Å². The molecule has 0 aromatic heterocycles. The number of fused-ring (bicyclic) bond motifs is 1. The van der Waals surface area contributed by atoms with Crippen LogP contribution < -0.4 is 5.73 Å². The van der Waals surface area contributed by atoms with Gasteiger partial charge in [-0.25, -0.2) is 0 Å². The van der Waals surface area contributed by atoms with Gasteiger partial charge in [0, 0.05) is 19.6 Å². The SMILES string of the molecule is Nc1cc(CN2Cc3ccccc3C2)ccc1O. The number of hydrogen-bond acceptors (Lipinski definition) is 3. The summed E-state index contributed by atoms with van der Waals surface area (Å²) in [6, 6.07) is 14.0. The lowest BCUT2D eigenvalue weighted by Gasteiger charge is -2.15. The van der Waals surface area contributed by atoms with Crippen LogP contribution in [-0.2, 0) is 19.6 Å². The Balaban J connectivity index is 1.74. The zero-order chi connectivity index (χ0) is 12.5. The zero-order valence-corrected chi connectivity index (χ0v) is 10.1. The molecule has 0 saturated heterocycles. The fraction of sp³-hybridized carbons (Fsp3) is 0.200. The summed E-state index contributed by atoms with van der Waals surface area (Å²) in [6.45, 7) is 2.83. The van der Waals surface area contributed by atoms with Crippen molar-refractivity contribution in [2.45, 2.75) is 19.6 Å². The predicted molar refractivity (Wildman–Crippen MR) is 71.9 cm³/mol. The average Bonchev–Trinajstić information content (AvgIpc) is 2.76. The van der Waals surface area contributed by atoms with Crippen LogP contribution >= 0.6 is 0 Å². The highest BCUT2D eigenvalue weighted by molar-refractivity contribution is 5.53. The van der Waals surface area contributed by atoms with Crippen molar-refractivity contribution in [1.82, 2.24) is 4.90 Å². The normalized spacial score (nSPS) is 14.7. The van der Waals surface area contributed by atoms with Crippen molar-refractivity contribution in [1.29, 1.82) is 0 Å². The van der Waals surface area contributed by atoms with Crippen LogP contribution in [0, 0.1) is 0 Å². The van der Waals surface area contributed by atoms with Gasteiger partial charge in [0.2, 0.25) is 0 Å². The number of hydrogen-bond donors (Lipinski definition) is 2. The van der Waals surface area contributed by atoms with E-state index in [-0.39, 0.29) is 5.75 Å². The van der Waals surface area contributed by atoms with Crippen LogP contribution in [0.1, 0.15) is 16.7 Å². The molecule has 1 aliphatic rings. The second-order valence-electron chi connectivity index (χ2n) is 4.81. The number of aromatic hydroxyl groups is 1. The van der Waals surface area contributed by atoms with Crippen LogP contribution in [-0.4, -0.2) is 10.0 Å². The molecule has 3 rings (SSSR count). The third kappa shape index (κ3) is 2.05. The monoisotopic (exact) mass is 240 g/mol. The van der Waals surface area contributed by atoms with E-state index >= 15 is 0 Å². The second kappa shape index (κ2) is 4.35. The van der Waals surface area contributed by atoms with Gasteiger partial charge >= 0.3 is 0 Å². The molecule has 3 nitrogen and oxygen atoms in total. The minimum atomic E-state index is 0.156. The van der Waals surface area contributed by atoms with Crippen molar-refractivity contribution < 1.29 is 5.11 Å². The molecule has 0 spiro atoms. The Bertz CT molecular complexity index is 555. The molecule has 18 heavy (non-hydrogen) atoms. The Morgan fingerprint density at radius 1 is 1.06 bits per heavy atom. The molecule has 1 heterocycles. The summed E-state index contributed by atoms with van der Waals surface area (Å²) in [7, 11) is 0. The highest BCUT2D eigenvalue weighted by atomic mass is 16.3. The van der Waals surface area contributed by atoms with Crippen LogP contribution in [0.5, 0.6) is 5.75 Å². The van der Waals surface area contributed by atoms with E-state index in [2.05, 4.69) is 29.2 Å². The molecule has 3 N–H and O–H groups in total. The number of nitrogen functional groups attached to an aromatic ring is 1. The Hall–Kier alpha value is -2.00. The third-order valence-electron chi connectivity index (χ3n) is 3.40. The van der Waals surface area contributed by atoms with Crippen molar-refractivity contribution in [2.75, 3.05) is 5.73 Å². The van der Waals surface area contributed by atoms with E-state index in [4.69, 9.17) is 5.73 Å². The van der Waals surface area contributed by atoms with Gasteiger partial charge in [-0.3, -0.25) is 4.90 Å². The summed E-state index contributed by atoms with van der Waals surface area (Å²) in [5, 5.41) is 9.41. The summed E-state index contributed by atoms with van der Waals surface area (Å²) in [5.41, 5.74) is 10.1. The van der Waals surface area contributed by atoms with Crippen LogP contribution in [0.3, 0.4) is 0 Å². The van der Waals surface area contributed by atoms with Gasteiger partial charge in [0.25, 0.3) is 0 Å². The first-order valence-electron chi connectivity index (χ1n) is 6.09. The fourth-order valence-electron chi connectivity index (χ4n) is 2.48. The molecule has 0 fully saturated rings. The van der Waals surface area contributed by atoms with Gasteiger partial charge in [-0.2, -0.15) is 0 Å². The van der Waals surface area contributed by atoms with E-state index < -0.39 is 0 Å². The van der Waals surface area contributed by atoms with Crippen LogP contribution in [0.25, 0.3) is 0 Å². The van der Waals surface area contributed by atoms with Crippen molar-refractivity contribution >= 4 is 5.69 Å². The summed E-state index contributed by atoms with van der Waals surface area (Å²) in [6.07, 6.45) is 0. The molecule has 0 aliphatic carbocycles. The van der Waals surface area contributed by atoms with Crippen molar-refractivity contribution in [2.24, 2.45) is 0 Å². The van der Waals surface area contributed by atoms with E-state index in [0.717, 1.165) is 25.2 Å². The smallest absolute Gasteiger partial charge is 0.138 e. The maximum Gasteiger partial charge on any atom is 0.138 e. The number of rotatable bonds is 2. The molecule has 0 radical (unpaired) electrons. The molecular weight excluding hydrogens is 224 g/mol. The van der Waals surface area contributed by atoms with Crippen LogP contribution in [0.4, 0.5) is 5.69 Å². The van der Waals surface area contributed by atoms with Gasteiger partial charge in [0.1, 0.15) is 5.75 Å². The lowest BCUT2D eigenvalue weighted by molar-refractivity contribution is 0.275. The minimum Gasteiger partial charge on any atom is -0.506 e. The number of phenols is 1. The van der Waals surface area contributed by atoms with Gasteiger partial charge in [0.05, 0.1) is 5.69 Å². The topological polar surface area (TPSA) is 49.5 Å². The van der Waals surface area contributed by atoms with E-state index in [1.807, 2.05) is 12.1 Å². The van der Waals surface area contributed by atoms with Gasteiger partial charge in [0.15, 0.2) is 0 Å². The standard InChI is InChI=1S/C15H16N2O/c16-14-7-11(5-6-15(14)18)8-17-9-12-3-1-2-4-13(12)10-17/h1-7,18H,8-10,16H2. The number of nitrogens with two attached hydrogens (primary N) is 1. The first-order chi connectivity index (χ1) is 8.72. The molecule has 0 unspecified atom stereocenters. The molecule has 0 saturated carbocycles. The highest BCUT2D eigenvalue weighted by Crippen LogP contribution is 2.26. The summed E-state index contributed by atoms with van der Waals surface area (Å²) in [5.74, 6) is 0.156. The summed E-state index contributed by atoms with van der Waals surface area (Å²) < 4.78 is 0. The lowest BCUT2D eigenvalue weighted by atomic mass is 10.1. The summed E-state index contributed by atoms with van der Waals surface area (Å²) >= 11 is 0. The minimum absolute atomic E-state index is 0.156. The third-order valence-corrected chi connectivity index (χ3v) is 3.40. The quantitative estimate of drug-likeness (QED) is 0.626. The van der Waals surface area contributed by atoms with Crippen molar-refractivity contribution in [3.05, 3.63) is 59.2 Å². The maximum atomic E-state index is 9.41. The van der Waals surface area contributed by atoms with Gasteiger partial charge < -0.3 is 10.8 Å². The molecule has 0 atom stereocenters. The number of benzene rings is 2. The first kappa shape index (κ1) is 11.1. The predicted octanol–water partition coefficient (Wildman–Crippen LogP) is 2.49. The van der Waals surface area contributed by atoms with Crippen molar-refractivity contribution in [3.8, 4) is 5.75 Å². The molecule has 2 aromatic rings. The molecule has 3 heteroatoms. The Labute approximate surface area is 106 Å². The fourth-order valence-corrected chi connectivity index (χ4v) is 2.48. The zero-order valence-electron chi connectivity index (χ0n) is 10.1. The Kier molecular flexibility index (Phi) is 2.68. The molecule has 2 aromatic carbocycles. The maximum absolute atomic E-state index is 9.41. The first-order valence-corrected chi connectivity index (χ1v) is 6.09. The molecule has 1 aliphatic heterocycles. The van der Waals surface area contributed by atoms with E-state index in [1.165, 1.54) is 11.1 Å². The molecule has 0 amide bonds. The van der Waals surface area contributed by atoms with E-state index in [1.54, 1.807) is 6.07 Å². The van der Waals surface area contributed by atoms with Crippen LogP contribution in [0.15, 0.2) is 42.5 Å². The van der Waals surface area contributed by atoms with Gasteiger partial charge in [-0.05, 0) is 28.8 Å². The Morgan fingerprint density at radius 2 is 1.72 bits per heavy atom. The molecular formula is C15H16N2O. The molecule has 92 valence electrons. The summed E-state index contributed by atoms with van der Waals surface area (Å²) in [4.78, 5) is 2.37. The van der Waals surface area contributed by atoms with E-state index in [0.29, 0.717) is 5.69 Å². The average molecular weight is 240 g/mol. The van der Waals surface area contributed by atoms with Gasteiger partial charge in [-0.15, -0.1) is 0 Å². The number of anilines is 1. The second-order valence-corrected chi connectivity index (χ2v) is 4.81.